The van der Waals surface area contributed by atoms with Gasteiger partial charge in [-0.2, -0.15) is 0 Å². The van der Waals surface area contributed by atoms with Crippen LogP contribution in [0.4, 0.5) is 0 Å². The first-order chi connectivity index (χ1) is 23.4. The number of hydrogen-bond acceptors (Lipinski definition) is 0. The summed E-state index contributed by atoms with van der Waals surface area (Å²) in [7, 11) is 0. The molecule has 2 aliphatic carbocycles. The molecule has 264 valence electrons. The number of hydrogen-bond donors (Lipinski definition) is 0. The minimum absolute atomic E-state index is 0.259. The van der Waals surface area contributed by atoms with Crippen molar-refractivity contribution in [1.82, 2.24) is 0 Å². The van der Waals surface area contributed by atoms with Crippen LogP contribution in [0.15, 0.2) is 96.1 Å². The van der Waals surface area contributed by atoms with Crippen molar-refractivity contribution in [2.24, 2.45) is 0 Å². The zero-order valence-electron chi connectivity index (χ0n) is 33.3. The van der Waals surface area contributed by atoms with Gasteiger partial charge in [-0.05, 0) is 0 Å². The van der Waals surface area contributed by atoms with Crippen LogP contribution in [-0.4, -0.2) is 6.94 Å². The SMILES string of the molecule is CCC1=Cc2c(C(C)C)cc(C(C)C)cc2[CH]1[Hf]([CH3])([CH3])(=[SiH2])([c]1ccccc1)([c]1ccccc1)[CH]1C(CC)=Cc2c(C(C)C)cc(C(C)C)cc21. The second-order valence-corrected chi connectivity index (χ2v) is 87.8. The van der Waals surface area contributed by atoms with E-state index >= 15 is 0 Å². The number of rotatable bonds is 10. The average molecular weight is 848 g/mol. The molecule has 2 atom stereocenters. The fraction of sp³-hybridized carbons (Fsp3) is 0.417. The fourth-order valence-corrected chi connectivity index (χ4v) is 67.2. The second-order valence-electron chi connectivity index (χ2n) is 19.6. The molecule has 0 radical (unpaired) electrons. The van der Waals surface area contributed by atoms with Gasteiger partial charge < -0.3 is 0 Å². The van der Waals surface area contributed by atoms with E-state index in [1.54, 1.807) is 28.9 Å². The van der Waals surface area contributed by atoms with Crippen LogP contribution in [0.25, 0.3) is 12.2 Å². The van der Waals surface area contributed by atoms with Gasteiger partial charge in [0.15, 0.2) is 0 Å². The summed E-state index contributed by atoms with van der Waals surface area (Å²) < 4.78 is 9.53. The topological polar surface area (TPSA) is 0 Å². The summed E-state index contributed by atoms with van der Waals surface area (Å²) in [4.78, 5) is 0. The summed E-state index contributed by atoms with van der Waals surface area (Å²) in [6, 6.07) is 34.5. The van der Waals surface area contributed by atoms with Crippen LogP contribution in [-0.2, 0) is 14.2 Å². The average Bonchev–Trinajstić information content (AvgIpc) is 3.69. The molecule has 0 heterocycles. The molecule has 6 rings (SSSR count). The number of benzene rings is 4. The Bertz CT molecular complexity index is 2010. The van der Waals surface area contributed by atoms with Crippen LogP contribution in [0.2, 0.25) is 9.36 Å². The van der Waals surface area contributed by atoms with E-state index in [1.165, 1.54) is 33.4 Å². The van der Waals surface area contributed by atoms with E-state index in [-0.39, 0.29) is 7.35 Å². The molecule has 0 spiro atoms. The van der Waals surface area contributed by atoms with Crippen molar-refractivity contribution in [2.75, 3.05) is 0 Å². The normalized spacial score (nSPS) is 19.6. The summed E-state index contributed by atoms with van der Waals surface area (Å²) in [5.74, 6) is 1.81. The Kier molecular flexibility index (Phi) is 8.73. The molecule has 50 heavy (non-hydrogen) atoms. The molecule has 4 aromatic carbocycles. The van der Waals surface area contributed by atoms with E-state index < -0.39 is 14.2 Å². The third-order valence-corrected chi connectivity index (χ3v) is 71.0. The molecule has 0 saturated carbocycles. The van der Waals surface area contributed by atoms with Gasteiger partial charge in [-0.3, -0.25) is 0 Å². The zero-order chi connectivity index (χ0) is 36.5. The molecular formula is C48H64HfSi. The molecule has 0 aliphatic heterocycles. The summed E-state index contributed by atoms with van der Waals surface area (Å²) in [5.41, 5.74) is 15.4. The Morgan fingerprint density at radius 1 is 0.520 bits per heavy atom. The summed E-state index contributed by atoms with van der Waals surface area (Å²) in [6.07, 6.45) is 7.43. The third-order valence-electron chi connectivity index (χ3n) is 14.5. The molecule has 2 aliphatic rings. The van der Waals surface area contributed by atoms with Gasteiger partial charge >= 0.3 is 303 Å². The van der Waals surface area contributed by atoms with Crippen LogP contribution in [0.1, 0.15) is 158 Å². The van der Waals surface area contributed by atoms with Crippen molar-refractivity contribution in [1.29, 1.82) is 0 Å². The van der Waals surface area contributed by atoms with Crippen LogP contribution in [0, 0.1) is 0 Å². The Balaban J connectivity index is 1.97. The molecule has 0 aromatic heterocycles. The van der Waals surface area contributed by atoms with E-state index in [1.807, 2.05) is 0 Å². The predicted octanol–water partition coefficient (Wildman–Crippen LogP) is 12.6. The second kappa shape index (κ2) is 11.7. The van der Waals surface area contributed by atoms with Gasteiger partial charge in [0.2, 0.25) is 0 Å². The quantitative estimate of drug-likeness (QED) is 0.140. The van der Waals surface area contributed by atoms with Crippen molar-refractivity contribution in [3.8, 4) is 0 Å². The monoisotopic (exact) mass is 848 g/mol. The Morgan fingerprint density at radius 2 is 0.860 bits per heavy atom. The van der Waals surface area contributed by atoms with Gasteiger partial charge in [-0.25, -0.2) is 0 Å². The number of allylic oxidation sites excluding steroid dienone is 2. The fourth-order valence-electron chi connectivity index (χ4n) is 11.7. The summed E-state index contributed by atoms with van der Waals surface area (Å²) in [6.45, 7) is 26.5. The molecule has 0 bridgehead atoms. The van der Waals surface area contributed by atoms with Crippen LogP contribution >= 0.6 is 0 Å². The van der Waals surface area contributed by atoms with Crippen molar-refractivity contribution >= 4 is 25.7 Å². The zero-order valence-corrected chi connectivity index (χ0v) is 38.3. The molecule has 2 heteroatoms. The molecule has 4 aromatic rings. The van der Waals surface area contributed by atoms with Gasteiger partial charge in [-0.15, -0.1) is 0 Å². The van der Waals surface area contributed by atoms with E-state index in [2.05, 4.69) is 183 Å². The maximum atomic E-state index is 2.92. The van der Waals surface area contributed by atoms with Crippen molar-refractivity contribution in [2.45, 2.75) is 122 Å². The first kappa shape index (κ1) is 37.2. The Morgan fingerprint density at radius 3 is 1.14 bits per heavy atom. The van der Waals surface area contributed by atoms with Crippen molar-refractivity contribution < 1.29 is 14.2 Å². The van der Waals surface area contributed by atoms with Gasteiger partial charge in [0, 0.05) is 0 Å². The summed E-state index contributed by atoms with van der Waals surface area (Å²) >= 11 is -6.13. The first-order valence-corrected chi connectivity index (χ1v) is 43.0. The van der Waals surface area contributed by atoms with Gasteiger partial charge in [0.1, 0.15) is 0 Å². The van der Waals surface area contributed by atoms with Crippen LogP contribution in [0.3, 0.4) is 0 Å². The van der Waals surface area contributed by atoms with Crippen molar-refractivity contribution in [3.05, 3.63) is 141 Å². The number of fused-ring (bicyclic) bond motifs is 2. The van der Waals surface area contributed by atoms with Gasteiger partial charge in [0.25, 0.3) is 0 Å². The molecule has 0 saturated heterocycles. The minimum atomic E-state index is -6.13. The Labute approximate surface area is 301 Å². The first-order valence-electron chi connectivity index (χ1n) is 19.8. The molecule has 0 N–H and O–H groups in total. The third kappa shape index (κ3) is 4.75. The molecule has 0 amide bonds. The molecule has 0 nitrogen and oxygen atoms in total. The van der Waals surface area contributed by atoms with E-state index in [4.69, 9.17) is 0 Å². The Hall–Kier alpha value is -2.55. The van der Waals surface area contributed by atoms with Gasteiger partial charge in [0.05, 0.1) is 0 Å². The molecular weight excluding hydrogens is 783 g/mol. The van der Waals surface area contributed by atoms with E-state index in [0.29, 0.717) is 23.7 Å². The molecule has 0 fully saturated rings. The molecule has 2 unspecified atom stereocenters. The predicted molar refractivity (Wildman–Crippen MR) is 224 cm³/mol. The van der Waals surface area contributed by atoms with Crippen LogP contribution < -0.4 is 6.64 Å². The maximum absolute atomic E-state index is 6.13. The van der Waals surface area contributed by atoms with E-state index in [0.717, 1.165) is 12.8 Å². The van der Waals surface area contributed by atoms with Crippen molar-refractivity contribution in [3.63, 3.8) is 0 Å². The van der Waals surface area contributed by atoms with E-state index in [9.17, 15) is 0 Å². The van der Waals surface area contributed by atoms with Crippen LogP contribution in [0.5, 0.6) is 0 Å². The van der Waals surface area contributed by atoms with Gasteiger partial charge in [-0.1, -0.05) is 0 Å². The standard InChI is InChI=1S/2C17H23.2C6H5.2CH3.Hf.H2Si/c2*1-6-13-7-15-9-14(11(2)3)10-16(12(4)5)17(15)8-13;2*1-2-4-6-5-3-1;;;;/h2*7-12H,6H2,1-5H3;2*1-5H;2*1H3;;1H2. The summed E-state index contributed by atoms with van der Waals surface area (Å²) in [5, 5.41) is 0.